The maximum Gasteiger partial charge on any atom is 0.416 e. The van der Waals surface area contributed by atoms with Gasteiger partial charge in [-0.25, -0.2) is 4.39 Å². The minimum atomic E-state index is -4.61. The number of carbonyl (C=O) groups excluding carboxylic acids is 1. The molecule has 1 amide bonds. The molecule has 1 saturated heterocycles. The van der Waals surface area contributed by atoms with Crippen molar-refractivity contribution in [3.05, 3.63) is 35.1 Å². The second kappa shape index (κ2) is 6.21. The second-order valence-corrected chi connectivity index (χ2v) is 5.38. The number of benzene rings is 1. The van der Waals surface area contributed by atoms with E-state index < -0.39 is 29.6 Å². The molecule has 0 aliphatic carbocycles. The fourth-order valence-corrected chi connectivity index (χ4v) is 2.49. The van der Waals surface area contributed by atoms with Crippen molar-refractivity contribution >= 4 is 5.91 Å². The number of alkyl halides is 3. The summed E-state index contributed by atoms with van der Waals surface area (Å²) in [4.78, 5) is 12.9. The molecule has 0 radical (unpaired) electrons. The van der Waals surface area contributed by atoms with E-state index in [4.69, 9.17) is 10.5 Å². The molecule has 1 aliphatic heterocycles. The Morgan fingerprint density at radius 1 is 1.36 bits per heavy atom. The number of amides is 1. The van der Waals surface area contributed by atoms with E-state index in [2.05, 4.69) is 0 Å². The lowest BCUT2D eigenvalue weighted by atomic mass is 10.1. The smallest absolute Gasteiger partial charge is 0.367 e. The van der Waals surface area contributed by atoms with Crippen LogP contribution in [0.3, 0.4) is 0 Å². The van der Waals surface area contributed by atoms with Gasteiger partial charge in [0.15, 0.2) is 0 Å². The van der Waals surface area contributed by atoms with Gasteiger partial charge in [-0.05, 0) is 30.7 Å². The molecule has 22 heavy (non-hydrogen) atoms. The van der Waals surface area contributed by atoms with E-state index >= 15 is 0 Å². The van der Waals surface area contributed by atoms with E-state index in [0.29, 0.717) is 12.6 Å². The Balaban J connectivity index is 2.16. The monoisotopic (exact) mass is 320 g/mol. The first-order valence-electron chi connectivity index (χ1n) is 6.69. The maximum absolute atomic E-state index is 13.4. The Morgan fingerprint density at radius 2 is 2.05 bits per heavy atom. The topological polar surface area (TPSA) is 55.6 Å². The van der Waals surface area contributed by atoms with Crippen LogP contribution in [-0.2, 0) is 22.3 Å². The summed E-state index contributed by atoms with van der Waals surface area (Å²) in [5.74, 6) is -1.58. The average molecular weight is 320 g/mol. The summed E-state index contributed by atoms with van der Waals surface area (Å²) in [6.45, 7) is 2.40. The number of rotatable bonds is 3. The Bertz CT molecular complexity index is 562. The summed E-state index contributed by atoms with van der Waals surface area (Å²) in [6.07, 6.45) is -5.72. The number of halogens is 4. The van der Waals surface area contributed by atoms with Gasteiger partial charge < -0.3 is 10.5 Å². The van der Waals surface area contributed by atoms with Crippen molar-refractivity contribution in [1.29, 1.82) is 0 Å². The number of ether oxygens (including phenoxy) is 1. The van der Waals surface area contributed by atoms with E-state index in [1.165, 1.54) is 0 Å². The fourth-order valence-electron chi connectivity index (χ4n) is 2.49. The normalized spacial score (nSPS) is 23.5. The summed E-state index contributed by atoms with van der Waals surface area (Å²) >= 11 is 0. The van der Waals surface area contributed by atoms with E-state index in [-0.39, 0.29) is 24.8 Å². The minimum absolute atomic E-state index is 0.0817. The Hall–Kier alpha value is -1.67. The highest BCUT2D eigenvalue weighted by Crippen LogP contribution is 2.30. The van der Waals surface area contributed by atoms with Crippen LogP contribution in [0.2, 0.25) is 0 Å². The molecule has 2 rings (SSSR count). The van der Waals surface area contributed by atoms with Gasteiger partial charge in [0.05, 0.1) is 11.7 Å². The maximum atomic E-state index is 13.4. The lowest BCUT2D eigenvalue weighted by molar-refractivity contribution is -0.142. The number of nitrogens with zero attached hydrogens (tertiary/aromatic N) is 1. The van der Waals surface area contributed by atoms with Gasteiger partial charge in [0, 0.05) is 19.6 Å². The molecule has 0 spiro atoms. The van der Waals surface area contributed by atoms with Gasteiger partial charge in [-0.1, -0.05) is 0 Å². The van der Waals surface area contributed by atoms with Crippen LogP contribution in [0.1, 0.15) is 18.1 Å². The summed E-state index contributed by atoms with van der Waals surface area (Å²) in [5, 5.41) is 0. The van der Waals surface area contributed by atoms with Crippen LogP contribution < -0.4 is 5.73 Å². The standard InChI is InChI=1S/C14H16F4N2O2/c1-8-5-20(7-12(22-8)13(19)21)6-9-2-10(14(16,17)18)4-11(15)3-9/h2-4,8,12H,5-7H2,1H3,(H2,19,21)/t8-,12-/m1/s1. The van der Waals surface area contributed by atoms with Crippen molar-refractivity contribution in [2.75, 3.05) is 13.1 Å². The second-order valence-electron chi connectivity index (χ2n) is 5.38. The summed E-state index contributed by atoms with van der Waals surface area (Å²) in [5.41, 5.74) is 4.34. The number of primary amides is 1. The van der Waals surface area contributed by atoms with Crippen LogP contribution in [0, 0.1) is 5.82 Å². The van der Waals surface area contributed by atoms with Gasteiger partial charge in [-0.15, -0.1) is 0 Å². The molecule has 2 N–H and O–H groups in total. The third kappa shape index (κ3) is 4.17. The number of hydrogen-bond donors (Lipinski definition) is 1. The SMILES string of the molecule is C[C@@H]1CN(Cc2cc(F)cc(C(F)(F)F)c2)C[C@H](C(N)=O)O1. The van der Waals surface area contributed by atoms with Gasteiger partial charge in [-0.2, -0.15) is 13.2 Å². The predicted molar refractivity (Wildman–Crippen MR) is 70.2 cm³/mol. The number of hydrogen-bond acceptors (Lipinski definition) is 3. The van der Waals surface area contributed by atoms with Gasteiger partial charge >= 0.3 is 6.18 Å². The summed E-state index contributed by atoms with van der Waals surface area (Å²) in [7, 11) is 0. The van der Waals surface area contributed by atoms with E-state index in [1.54, 1.807) is 11.8 Å². The molecule has 1 aromatic carbocycles. The van der Waals surface area contributed by atoms with Gasteiger partial charge in [-0.3, -0.25) is 9.69 Å². The molecular formula is C14H16F4N2O2. The third-order valence-corrected chi connectivity index (χ3v) is 3.34. The van der Waals surface area contributed by atoms with E-state index in [9.17, 15) is 22.4 Å². The van der Waals surface area contributed by atoms with Gasteiger partial charge in [0.1, 0.15) is 11.9 Å². The zero-order chi connectivity index (χ0) is 16.5. The highest BCUT2D eigenvalue weighted by molar-refractivity contribution is 5.79. The van der Waals surface area contributed by atoms with E-state index in [0.717, 1.165) is 12.1 Å². The van der Waals surface area contributed by atoms with Crippen LogP contribution in [-0.4, -0.2) is 36.1 Å². The lowest BCUT2D eigenvalue weighted by Crippen LogP contribution is -2.51. The first-order chi connectivity index (χ1) is 10.1. The van der Waals surface area contributed by atoms with Crippen molar-refractivity contribution < 1.29 is 27.1 Å². The quantitative estimate of drug-likeness (QED) is 0.866. The van der Waals surface area contributed by atoms with Gasteiger partial charge in [0.2, 0.25) is 5.91 Å². The number of morpholine rings is 1. The van der Waals surface area contributed by atoms with Crippen LogP contribution >= 0.6 is 0 Å². The molecule has 2 atom stereocenters. The van der Waals surface area contributed by atoms with Gasteiger partial charge in [0.25, 0.3) is 0 Å². The zero-order valence-electron chi connectivity index (χ0n) is 11.9. The van der Waals surface area contributed by atoms with E-state index in [1.807, 2.05) is 0 Å². The first-order valence-corrected chi connectivity index (χ1v) is 6.69. The zero-order valence-corrected chi connectivity index (χ0v) is 11.9. The Kier molecular flexibility index (Phi) is 4.72. The fraction of sp³-hybridized carbons (Fsp3) is 0.500. The van der Waals surface area contributed by atoms with Crippen molar-refractivity contribution in [1.82, 2.24) is 4.90 Å². The Labute approximate surface area is 124 Å². The first kappa shape index (κ1) is 16.7. The minimum Gasteiger partial charge on any atom is -0.367 e. The molecule has 0 bridgehead atoms. The molecule has 1 aromatic rings. The van der Waals surface area contributed by atoms with Crippen molar-refractivity contribution in [3.63, 3.8) is 0 Å². The largest absolute Gasteiger partial charge is 0.416 e. The predicted octanol–water partition coefficient (Wildman–Crippen LogP) is 1.92. The molecule has 8 heteroatoms. The molecule has 1 aliphatic rings. The molecule has 1 fully saturated rings. The number of nitrogens with two attached hydrogens (primary N) is 1. The van der Waals surface area contributed by atoms with Crippen molar-refractivity contribution in [2.24, 2.45) is 5.73 Å². The average Bonchev–Trinajstić information content (AvgIpc) is 2.36. The molecule has 0 unspecified atom stereocenters. The lowest BCUT2D eigenvalue weighted by Gasteiger charge is -2.35. The Morgan fingerprint density at radius 3 is 2.64 bits per heavy atom. The van der Waals surface area contributed by atoms with Crippen LogP contribution in [0.4, 0.5) is 17.6 Å². The number of carbonyl (C=O) groups is 1. The summed E-state index contributed by atoms with van der Waals surface area (Å²) in [6, 6.07) is 2.41. The summed E-state index contributed by atoms with van der Waals surface area (Å²) < 4.78 is 56.8. The van der Waals surface area contributed by atoms with Crippen molar-refractivity contribution in [3.8, 4) is 0 Å². The highest BCUT2D eigenvalue weighted by Gasteiger charge is 2.32. The molecule has 0 aromatic heterocycles. The van der Waals surface area contributed by atoms with Crippen molar-refractivity contribution in [2.45, 2.75) is 31.9 Å². The molecule has 122 valence electrons. The van der Waals surface area contributed by atoms with Crippen LogP contribution in [0.15, 0.2) is 18.2 Å². The molecule has 4 nitrogen and oxygen atoms in total. The molecule has 1 heterocycles. The third-order valence-electron chi connectivity index (χ3n) is 3.34. The molecule has 0 saturated carbocycles. The molecular weight excluding hydrogens is 304 g/mol. The van der Waals surface area contributed by atoms with Crippen LogP contribution in [0.5, 0.6) is 0 Å². The van der Waals surface area contributed by atoms with Crippen LogP contribution in [0.25, 0.3) is 0 Å². The highest BCUT2D eigenvalue weighted by atomic mass is 19.4.